The molecule has 1 N–H and O–H groups in total. The van der Waals surface area contributed by atoms with Gasteiger partial charge in [0.1, 0.15) is 0 Å². The van der Waals surface area contributed by atoms with E-state index in [1.807, 2.05) is 42.2 Å². The van der Waals surface area contributed by atoms with Crippen LogP contribution in [0, 0.1) is 0 Å². The molecule has 1 aromatic heterocycles. The van der Waals surface area contributed by atoms with Gasteiger partial charge in [-0.25, -0.2) is 0 Å². The molecule has 0 spiro atoms. The van der Waals surface area contributed by atoms with Gasteiger partial charge in [-0.15, -0.1) is 0 Å². The summed E-state index contributed by atoms with van der Waals surface area (Å²) < 4.78 is 0. The highest BCUT2D eigenvalue weighted by Crippen LogP contribution is 2.26. The largest absolute Gasteiger partial charge is 0.388 e. The van der Waals surface area contributed by atoms with E-state index in [9.17, 15) is 5.11 Å². The molecule has 0 bridgehead atoms. The van der Waals surface area contributed by atoms with Crippen LogP contribution in [0.25, 0.3) is 10.8 Å². The van der Waals surface area contributed by atoms with Crippen LogP contribution in [-0.4, -0.2) is 21.6 Å². The summed E-state index contributed by atoms with van der Waals surface area (Å²) >= 11 is 1.86. The summed E-state index contributed by atoms with van der Waals surface area (Å²) in [5.74, 6) is 2.10. The zero-order valence-corrected chi connectivity index (χ0v) is 10.8. The van der Waals surface area contributed by atoms with Gasteiger partial charge in [-0.1, -0.05) is 25.1 Å². The van der Waals surface area contributed by atoms with Gasteiger partial charge in [0.2, 0.25) is 0 Å². The maximum absolute atomic E-state index is 10.2. The molecule has 0 saturated carbocycles. The number of aromatic nitrogens is 1. The summed E-state index contributed by atoms with van der Waals surface area (Å²) in [5, 5.41) is 12.4. The van der Waals surface area contributed by atoms with Crippen molar-refractivity contribution in [2.75, 3.05) is 11.5 Å². The van der Waals surface area contributed by atoms with Gasteiger partial charge < -0.3 is 5.11 Å². The molecule has 17 heavy (non-hydrogen) atoms. The molecule has 2 rings (SSSR count). The smallest absolute Gasteiger partial charge is 0.0803 e. The van der Waals surface area contributed by atoms with Crippen molar-refractivity contribution in [1.82, 2.24) is 4.98 Å². The van der Waals surface area contributed by atoms with Crippen LogP contribution in [0.1, 0.15) is 25.0 Å². The van der Waals surface area contributed by atoms with Crippen molar-refractivity contribution in [2.45, 2.75) is 19.4 Å². The third-order valence-electron chi connectivity index (χ3n) is 2.81. The molecule has 0 aliphatic rings. The third-order valence-corrected chi connectivity index (χ3v) is 3.75. The number of rotatable bonds is 5. The zero-order valence-electron chi connectivity index (χ0n) is 9.97. The van der Waals surface area contributed by atoms with E-state index in [1.165, 1.54) is 0 Å². The van der Waals surface area contributed by atoms with E-state index in [-0.39, 0.29) is 6.10 Å². The Hall–Kier alpha value is -1.06. The quantitative estimate of drug-likeness (QED) is 0.822. The fourth-order valence-corrected chi connectivity index (χ4v) is 2.61. The predicted molar refractivity (Wildman–Crippen MR) is 74.3 cm³/mol. The minimum Gasteiger partial charge on any atom is -0.388 e. The second-order valence-electron chi connectivity index (χ2n) is 3.95. The average molecular weight is 247 g/mol. The maximum Gasteiger partial charge on any atom is 0.0803 e. The highest BCUT2D eigenvalue weighted by atomic mass is 32.2. The van der Waals surface area contributed by atoms with Crippen LogP contribution in [0.3, 0.4) is 0 Å². The Morgan fingerprint density at radius 1 is 1.35 bits per heavy atom. The minimum atomic E-state index is -0.375. The molecule has 1 heterocycles. The Balaban J connectivity index is 2.22. The number of fused-ring (bicyclic) bond motifs is 1. The lowest BCUT2D eigenvalue weighted by molar-refractivity contribution is 0.176. The minimum absolute atomic E-state index is 0.375. The topological polar surface area (TPSA) is 33.1 Å². The third kappa shape index (κ3) is 2.99. The van der Waals surface area contributed by atoms with Crippen molar-refractivity contribution in [1.29, 1.82) is 0 Å². The molecular formula is C14H17NOS. The van der Waals surface area contributed by atoms with E-state index in [4.69, 9.17) is 0 Å². The molecule has 1 aromatic carbocycles. The second kappa shape index (κ2) is 6.03. The molecule has 90 valence electrons. The van der Waals surface area contributed by atoms with E-state index in [1.54, 1.807) is 6.20 Å². The molecule has 0 amide bonds. The van der Waals surface area contributed by atoms with Crippen molar-refractivity contribution in [3.63, 3.8) is 0 Å². The first-order valence-electron chi connectivity index (χ1n) is 5.91. The Bertz CT molecular complexity index is 481. The maximum atomic E-state index is 10.2. The van der Waals surface area contributed by atoms with Crippen LogP contribution in [0.15, 0.2) is 36.7 Å². The summed E-state index contributed by atoms with van der Waals surface area (Å²) in [6, 6.07) is 7.99. The van der Waals surface area contributed by atoms with Gasteiger partial charge in [-0.2, -0.15) is 11.8 Å². The number of aliphatic hydroxyl groups excluding tert-OH is 1. The number of benzene rings is 1. The van der Waals surface area contributed by atoms with Crippen molar-refractivity contribution in [2.24, 2.45) is 0 Å². The molecule has 2 nitrogen and oxygen atoms in total. The first kappa shape index (κ1) is 12.4. The summed E-state index contributed by atoms with van der Waals surface area (Å²) in [7, 11) is 0. The van der Waals surface area contributed by atoms with Gasteiger partial charge in [0, 0.05) is 17.8 Å². The van der Waals surface area contributed by atoms with Crippen LogP contribution in [0.2, 0.25) is 0 Å². The van der Waals surface area contributed by atoms with Crippen LogP contribution in [0.4, 0.5) is 0 Å². The molecule has 0 saturated heterocycles. The Labute approximate surface area is 106 Å². The lowest BCUT2D eigenvalue weighted by Gasteiger charge is -2.13. The molecular weight excluding hydrogens is 230 g/mol. The summed E-state index contributed by atoms with van der Waals surface area (Å²) in [4.78, 5) is 4.10. The van der Waals surface area contributed by atoms with Crippen LogP contribution in [-0.2, 0) is 0 Å². The normalized spacial score (nSPS) is 12.8. The van der Waals surface area contributed by atoms with Gasteiger partial charge in [0.25, 0.3) is 0 Å². The number of hydrogen-bond acceptors (Lipinski definition) is 3. The van der Waals surface area contributed by atoms with E-state index in [0.717, 1.165) is 34.3 Å². The number of thioether (sulfide) groups is 1. The van der Waals surface area contributed by atoms with Crippen LogP contribution < -0.4 is 0 Å². The molecule has 0 radical (unpaired) electrons. The van der Waals surface area contributed by atoms with Crippen LogP contribution in [0.5, 0.6) is 0 Å². The highest BCUT2D eigenvalue weighted by Gasteiger charge is 2.10. The SMILES string of the molecule is CCSCCC(O)c1cccc2cnccc12. The first-order chi connectivity index (χ1) is 8.33. The van der Waals surface area contributed by atoms with E-state index in [0.29, 0.717) is 0 Å². The van der Waals surface area contributed by atoms with Crippen molar-refractivity contribution < 1.29 is 5.11 Å². The fraction of sp³-hybridized carbons (Fsp3) is 0.357. The average Bonchev–Trinajstić information content (AvgIpc) is 2.38. The second-order valence-corrected chi connectivity index (χ2v) is 5.34. The van der Waals surface area contributed by atoms with Crippen molar-refractivity contribution in [3.05, 3.63) is 42.2 Å². The molecule has 0 aliphatic carbocycles. The number of aliphatic hydroxyl groups is 1. The van der Waals surface area contributed by atoms with Gasteiger partial charge in [-0.05, 0) is 34.9 Å². The fourth-order valence-electron chi connectivity index (χ4n) is 1.93. The first-order valence-corrected chi connectivity index (χ1v) is 7.07. The summed E-state index contributed by atoms with van der Waals surface area (Å²) in [5.41, 5.74) is 1.02. The van der Waals surface area contributed by atoms with E-state index < -0.39 is 0 Å². The molecule has 3 heteroatoms. The Kier molecular flexibility index (Phi) is 4.40. The van der Waals surface area contributed by atoms with Crippen molar-refractivity contribution >= 4 is 22.5 Å². The monoisotopic (exact) mass is 247 g/mol. The summed E-state index contributed by atoms with van der Waals surface area (Å²) in [6.45, 7) is 2.14. The Morgan fingerprint density at radius 2 is 2.24 bits per heavy atom. The lowest BCUT2D eigenvalue weighted by Crippen LogP contribution is -2.00. The molecule has 1 atom stereocenters. The lowest BCUT2D eigenvalue weighted by atomic mass is 10.0. The van der Waals surface area contributed by atoms with E-state index in [2.05, 4.69) is 11.9 Å². The molecule has 0 fully saturated rings. The predicted octanol–water partition coefficient (Wildman–Crippen LogP) is 3.41. The standard InChI is InChI=1S/C14H17NOS/c1-2-17-9-7-14(16)13-5-3-4-11-10-15-8-6-12(11)13/h3-6,8,10,14,16H,2,7,9H2,1H3. The molecule has 2 aromatic rings. The van der Waals surface area contributed by atoms with Crippen LogP contribution >= 0.6 is 11.8 Å². The van der Waals surface area contributed by atoms with E-state index >= 15 is 0 Å². The van der Waals surface area contributed by atoms with Gasteiger partial charge in [0.15, 0.2) is 0 Å². The Morgan fingerprint density at radius 3 is 3.06 bits per heavy atom. The van der Waals surface area contributed by atoms with Gasteiger partial charge in [-0.3, -0.25) is 4.98 Å². The number of pyridine rings is 1. The number of nitrogens with zero attached hydrogens (tertiary/aromatic N) is 1. The van der Waals surface area contributed by atoms with Crippen molar-refractivity contribution in [3.8, 4) is 0 Å². The highest BCUT2D eigenvalue weighted by molar-refractivity contribution is 7.99. The molecule has 1 unspecified atom stereocenters. The van der Waals surface area contributed by atoms with Gasteiger partial charge >= 0.3 is 0 Å². The summed E-state index contributed by atoms with van der Waals surface area (Å²) in [6.07, 6.45) is 4.05. The van der Waals surface area contributed by atoms with Gasteiger partial charge in [0.05, 0.1) is 6.10 Å². The zero-order chi connectivity index (χ0) is 12.1. The molecule has 0 aliphatic heterocycles. The number of hydrogen-bond donors (Lipinski definition) is 1.